The molecular weight excluding hydrogens is 372 g/mol. The van der Waals surface area contributed by atoms with Crippen LogP contribution in [-0.4, -0.2) is 55.2 Å². The number of amides is 1. The van der Waals surface area contributed by atoms with Crippen LogP contribution >= 0.6 is 11.3 Å². The van der Waals surface area contributed by atoms with Gasteiger partial charge in [-0.2, -0.15) is 0 Å². The number of carbonyl (C=O) groups excluding carboxylic acids is 1. The molecule has 1 aliphatic carbocycles. The molecule has 0 spiro atoms. The van der Waals surface area contributed by atoms with E-state index in [1.807, 2.05) is 0 Å². The van der Waals surface area contributed by atoms with Crippen LogP contribution in [0.25, 0.3) is 10.2 Å². The predicted octanol–water partition coefficient (Wildman–Crippen LogP) is 3.43. The Hall–Kier alpha value is -1.64. The van der Waals surface area contributed by atoms with Crippen molar-refractivity contribution in [2.45, 2.75) is 25.7 Å². The zero-order valence-electron chi connectivity index (χ0n) is 15.1. The second-order valence-electron chi connectivity index (χ2n) is 7.16. The van der Waals surface area contributed by atoms with Crippen LogP contribution < -0.4 is 4.90 Å². The van der Waals surface area contributed by atoms with Crippen molar-refractivity contribution < 1.29 is 18.3 Å². The topological polar surface area (TPSA) is 45.7 Å². The molecule has 0 radical (unpaired) electrons. The number of benzene rings is 1. The summed E-state index contributed by atoms with van der Waals surface area (Å²) in [6.45, 7) is 4.29. The molecule has 0 atom stereocenters. The van der Waals surface area contributed by atoms with Crippen molar-refractivity contribution in [1.82, 2.24) is 9.88 Å². The molecule has 2 aliphatic rings. The molecule has 146 valence electrons. The number of nitrogens with zero attached hydrogens (tertiary/aromatic N) is 3. The average molecular weight is 395 g/mol. The lowest BCUT2D eigenvalue weighted by molar-refractivity contribution is -0.122. The fraction of sp³-hybridized carbons (Fsp3) is 0.579. The summed E-state index contributed by atoms with van der Waals surface area (Å²) in [7, 11) is 0. The lowest BCUT2D eigenvalue weighted by atomic mass is 10.1. The van der Waals surface area contributed by atoms with Gasteiger partial charge in [0.1, 0.15) is 11.3 Å². The molecule has 1 aliphatic heterocycles. The first-order valence-electron chi connectivity index (χ1n) is 9.49. The number of morpholine rings is 1. The van der Waals surface area contributed by atoms with Gasteiger partial charge in [-0.3, -0.25) is 14.6 Å². The Morgan fingerprint density at radius 3 is 2.74 bits per heavy atom. The monoisotopic (exact) mass is 395 g/mol. The lowest BCUT2D eigenvalue weighted by Gasteiger charge is -2.30. The van der Waals surface area contributed by atoms with Gasteiger partial charge in [-0.1, -0.05) is 24.2 Å². The zero-order chi connectivity index (χ0) is 18.8. The number of fused-ring (bicyclic) bond motifs is 1. The van der Waals surface area contributed by atoms with Gasteiger partial charge in [0, 0.05) is 38.2 Å². The van der Waals surface area contributed by atoms with Gasteiger partial charge in [-0.25, -0.2) is 13.8 Å². The summed E-state index contributed by atoms with van der Waals surface area (Å²) >= 11 is 1.18. The molecule has 5 nitrogen and oxygen atoms in total. The van der Waals surface area contributed by atoms with Gasteiger partial charge in [-0.15, -0.1) is 0 Å². The van der Waals surface area contributed by atoms with Crippen LogP contribution in [0.1, 0.15) is 25.7 Å². The highest BCUT2D eigenvalue weighted by Crippen LogP contribution is 2.34. The van der Waals surface area contributed by atoms with Gasteiger partial charge in [0.05, 0.1) is 17.9 Å². The SMILES string of the molecule is O=C(C1CCCC1)N(CCN1CCOCC1)c1nc2c(F)cc(F)cc2s1. The number of rotatable bonds is 5. The maximum atomic E-state index is 14.1. The van der Waals surface area contributed by atoms with Crippen LogP contribution in [0.5, 0.6) is 0 Å². The summed E-state index contributed by atoms with van der Waals surface area (Å²) in [6.07, 6.45) is 3.91. The molecule has 27 heavy (non-hydrogen) atoms. The molecular formula is C19H23F2N3O2S. The average Bonchev–Trinajstić information content (AvgIpc) is 3.32. The normalized spacial score (nSPS) is 19.0. The summed E-state index contributed by atoms with van der Waals surface area (Å²) in [5.74, 6) is -1.25. The summed E-state index contributed by atoms with van der Waals surface area (Å²) in [5.41, 5.74) is 0.131. The van der Waals surface area contributed by atoms with E-state index in [0.29, 0.717) is 36.1 Å². The largest absolute Gasteiger partial charge is 0.379 e. The summed E-state index contributed by atoms with van der Waals surface area (Å²) in [5, 5.41) is 0.458. The van der Waals surface area contributed by atoms with Crippen LogP contribution in [0.15, 0.2) is 12.1 Å². The quantitative estimate of drug-likeness (QED) is 0.778. The standard InChI is InChI=1S/C19H23F2N3O2S/c20-14-11-15(21)17-16(12-14)27-19(22-17)24(18(25)13-3-1-2-4-13)6-5-23-7-9-26-10-8-23/h11-13H,1-10H2. The Kier molecular flexibility index (Phi) is 5.66. The summed E-state index contributed by atoms with van der Waals surface area (Å²) in [4.78, 5) is 21.4. The maximum absolute atomic E-state index is 14.1. The predicted molar refractivity (Wildman–Crippen MR) is 101 cm³/mol. The molecule has 0 N–H and O–H groups in total. The Morgan fingerprint density at radius 1 is 1.26 bits per heavy atom. The molecule has 2 fully saturated rings. The lowest BCUT2D eigenvalue weighted by Crippen LogP contribution is -2.44. The number of hydrogen-bond donors (Lipinski definition) is 0. The zero-order valence-corrected chi connectivity index (χ0v) is 15.9. The van der Waals surface area contributed by atoms with E-state index in [-0.39, 0.29) is 17.3 Å². The third kappa shape index (κ3) is 4.12. The number of hydrogen-bond acceptors (Lipinski definition) is 5. The van der Waals surface area contributed by atoms with Gasteiger partial charge in [-0.05, 0) is 18.9 Å². The van der Waals surface area contributed by atoms with E-state index >= 15 is 0 Å². The van der Waals surface area contributed by atoms with Crippen molar-refractivity contribution in [2.75, 3.05) is 44.3 Å². The van der Waals surface area contributed by atoms with E-state index in [4.69, 9.17) is 4.74 Å². The molecule has 1 aromatic carbocycles. The second kappa shape index (κ2) is 8.16. The highest BCUT2D eigenvalue weighted by Gasteiger charge is 2.30. The Morgan fingerprint density at radius 2 is 2.00 bits per heavy atom. The number of anilines is 1. The highest BCUT2D eigenvalue weighted by molar-refractivity contribution is 7.22. The third-order valence-corrected chi connectivity index (χ3v) is 6.37. The minimum Gasteiger partial charge on any atom is -0.379 e. The maximum Gasteiger partial charge on any atom is 0.231 e. The number of carbonyl (C=O) groups is 1. The first-order valence-corrected chi connectivity index (χ1v) is 10.3. The van der Waals surface area contributed by atoms with Gasteiger partial charge in [0.2, 0.25) is 5.91 Å². The molecule has 4 rings (SSSR count). The van der Waals surface area contributed by atoms with E-state index < -0.39 is 11.6 Å². The van der Waals surface area contributed by atoms with Crippen LogP contribution in [0.4, 0.5) is 13.9 Å². The molecule has 2 heterocycles. The van der Waals surface area contributed by atoms with Crippen molar-refractivity contribution in [3.05, 3.63) is 23.8 Å². The molecule has 0 bridgehead atoms. The van der Waals surface area contributed by atoms with E-state index in [1.54, 1.807) is 4.90 Å². The number of halogens is 2. The molecule has 8 heteroatoms. The van der Waals surface area contributed by atoms with Gasteiger partial charge in [0.25, 0.3) is 0 Å². The molecule has 1 saturated carbocycles. The van der Waals surface area contributed by atoms with Crippen LogP contribution in [0.2, 0.25) is 0 Å². The molecule has 1 aromatic heterocycles. The Bertz CT molecular complexity index is 817. The van der Waals surface area contributed by atoms with E-state index in [0.717, 1.165) is 44.8 Å². The number of thiazole rings is 1. The smallest absolute Gasteiger partial charge is 0.231 e. The molecule has 2 aromatic rings. The van der Waals surface area contributed by atoms with Crippen LogP contribution in [0.3, 0.4) is 0 Å². The second-order valence-corrected chi connectivity index (χ2v) is 8.17. The van der Waals surface area contributed by atoms with Gasteiger partial charge < -0.3 is 4.74 Å². The van der Waals surface area contributed by atoms with E-state index in [9.17, 15) is 13.6 Å². The highest BCUT2D eigenvalue weighted by atomic mass is 32.1. The first-order chi connectivity index (χ1) is 13.1. The van der Waals surface area contributed by atoms with Gasteiger partial charge in [0.15, 0.2) is 10.9 Å². The third-order valence-electron chi connectivity index (χ3n) is 5.35. The minimum absolute atomic E-state index is 0.00304. The van der Waals surface area contributed by atoms with Crippen molar-refractivity contribution in [1.29, 1.82) is 0 Å². The number of aromatic nitrogens is 1. The fourth-order valence-corrected chi connectivity index (χ4v) is 4.86. The van der Waals surface area contributed by atoms with Crippen molar-refractivity contribution >= 4 is 32.6 Å². The van der Waals surface area contributed by atoms with Crippen molar-refractivity contribution in [3.63, 3.8) is 0 Å². The Labute approximate surface area is 160 Å². The summed E-state index contributed by atoms with van der Waals surface area (Å²) < 4.78 is 33.4. The van der Waals surface area contributed by atoms with Gasteiger partial charge >= 0.3 is 0 Å². The molecule has 1 amide bonds. The molecule has 1 saturated heterocycles. The Balaban J connectivity index is 1.59. The molecule has 0 unspecified atom stereocenters. The fourth-order valence-electron chi connectivity index (χ4n) is 3.82. The van der Waals surface area contributed by atoms with E-state index in [1.165, 1.54) is 17.4 Å². The van der Waals surface area contributed by atoms with Crippen molar-refractivity contribution in [2.24, 2.45) is 5.92 Å². The van der Waals surface area contributed by atoms with E-state index in [2.05, 4.69) is 9.88 Å². The van der Waals surface area contributed by atoms with Crippen LogP contribution in [-0.2, 0) is 9.53 Å². The number of ether oxygens (including phenoxy) is 1. The van der Waals surface area contributed by atoms with Crippen molar-refractivity contribution in [3.8, 4) is 0 Å². The summed E-state index contributed by atoms with van der Waals surface area (Å²) in [6, 6.07) is 2.11. The minimum atomic E-state index is -0.686. The van der Waals surface area contributed by atoms with Crippen LogP contribution in [0, 0.1) is 17.6 Å². The first kappa shape index (κ1) is 18.7.